The summed E-state index contributed by atoms with van der Waals surface area (Å²) in [4.78, 5) is 8.19. The van der Waals surface area contributed by atoms with E-state index >= 15 is 0 Å². The first kappa shape index (κ1) is 17.8. The minimum absolute atomic E-state index is 0.178. The minimum Gasteiger partial charge on any atom is -0.473 e. The van der Waals surface area contributed by atoms with Gasteiger partial charge < -0.3 is 4.74 Å². The highest BCUT2D eigenvalue weighted by atomic mass is 32.2. The van der Waals surface area contributed by atoms with Crippen LogP contribution in [0.5, 0.6) is 5.88 Å². The monoisotopic (exact) mass is 365 g/mol. The van der Waals surface area contributed by atoms with Crippen molar-refractivity contribution in [2.45, 2.75) is 31.6 Å². The van der Waals surface area contributed by atoms with E-state index in [-0.39, 0.29) is 24.0 Å². The fourth-order valence-corrected chi connectivity index (χ4v) is 4.44. The van der Waals surface area contributed by atoms with Crippen molar-refractivity contribution < 1.29 is 17.5 Å². The molecule has 25 heavy (non-hydrogen) atoms. The number of halogens is 1. The summed E-state index contributed by atoms with van der Waals surface area (Å²) in [6.07, 6.45) is 2.76. The van der Waals surface area contributed by atoms with Crippen molar-refractivity contribution in [3.63, 3.8) is 0 Å². The number of hydrogen-bond acceptors (Lipinski definition) is 5. The number of rotatable bonds is 5. The van der Waals surface area contributed by atoms with Gasteiger partial charge in [0.1, 0.15) is 17.7 Å². The van der Waals surface area contributed by atoms with Crippen LogP contribution in [0, 0.1) is 12.7 Å². The fourth-order valence-electron chi connectivity index (χ4n) is 2.83. The van der Waals surface area contributed by atoms with Crippen LogP contribution in [-0.2, 0) is 15.8 Å². The average Bonchev–Trinajstić information content (AvgIpc) is 2.57. The second kappa shape index (κ2) is 7.45. The molecule has 1 fully saturated rings. The number of aryl methyl sites for hydroxylation is 1. The van der Waals surface area contributed by atoms with Gasteiger partial charge in [-0.1, -0.05) is 18.2 Å². The third kappa shape index (κ3) is 4.52. The first-order valence-electron chi connectivity index (χ1n) is 8.11. The lowest BCUT2D eigenvalue weighted by atomic mass is 10.1. The smallest absolute Gasteiger partial charge is 0.218 e. The second-order valence-corrected chi connectivity index (χ2v) is 8.00. The summed E-state index contributed by atoms with van der Waals surface area (Å²) >= 11 is 0. The lowest BCUT2D eigenvalue weighted by molar-refractivity contribution is 0.124. The van der Waals surface area contributed by atoms with Crippen LogP contribution < -0.4 is 4.74 Å². The van der Waals surface area contributed by atoms with Gasteiger partial charge >= 0.3 is 0 Å². The zero-order chi connectivity index (χ0) is 17.9. The molecule has 3 rings (SSSR count). The molecule has 1 aromatic heterocycles. The predicted molar refractivity (Wildman–Crippen MR) is 91.0 cm³/mol. The molecule has 0 aliphatic carbocycles. The Balaban J connectivity index is 1.68. The summed E-state index contributed by atoms with van der Waals surface area (Å²) in [5.41, 5.74) is 0.178. The molecule has 0 radical (unpaired) electrons. The lowest BCUT2D eigenvalue weighted by Gasteiger charge is -2.31. The zero-order valence-corrected chi connectivity index (χ0v) is 14.7. The Labute approximate surface area is 146 Å². The molecule has 134 valence electrons. The van der Waals surface area contributed by atoms with E-state index in [0.717, 1.165) is 6.42 Å². The van der Waals surface area contributed by atoms with Crippen molar-refractivity contribution in [3.8, 4) is 5.88 Å². The first-order valence-corrected chi connectivity index (χ1v) is 9.72. The molecule has 8 heteroatoms. The van der Waals surface area contributed by atoms with E-state index in [1.54, 1.807) is 31.3 Å². The van der Waals surface area contributed by atoms with E-state index in [1.807, 2.05) is 0 Å². The van der Waals surface area contributed by atoms with Crippen LogP contribution in [-0.4, -0.2) is 41.9 Å². The first-order chi connectivity index (χ1) is 11.9. The molecule has 1 atom stereocenters. The zero-order valence-electron chi connectivity index (χ0n) is 13.9. The third-order valence-electron chi connectivity index (χ3n) is 4.07. The third-order valence-corrected chi connectivity index (χ3v) is 5.86. The lowest BCUT2D eigenvalue weighted by Crippen LogP contribution is -2.44. The molecule has 1 saturated heterocycles. The number of benzene rings is 1. The van der Waals surface area contributed by atoms with Crippen molar-refractivity contribution in [2.24, 2.45) is 0 Å². The maximum absolute atomic E-state index is 13.8. The number of hydrogen-bond donors (Lipinski definition) is 0. The van der Waals surface area contributed by atoms with Gasteiger partial charge in [0, 0.05) is 24.4 Å². The molecule has 1 unspecified atom stereocenters. The number of sulfonamides is 1. The molecule has 0 N–H and O–H groups in total. The molecule has 1 aromatic carbocycles. The Morgan fingerprint density at radius 1 is 1.32 bits per heavy atom. The van der Waals surface area contributed by atoms with Crippen molar-refractivity contribution >= 4 is 10.0 Å². The molecule has 0 bridgehead atoms. The predicted octanol–water partition coefficient (Wildman–Crippen LogP) is 2.30. The average molecular weight is 365 g/mol. The van der Waals surface area contributed by atoms with Crippen molar-refractivity contribution in [3.05, 3.63) is 53.7 Å². The summed E-state index contributed by atoms with van der Waals surface area (Å²) in [6.45, 7) is 2.41. The molecule has 1 aliphatic rings. The van der Waals surface area contributed by atoms with Gasteiger partial charge in [-0.2, -0.15) is 9.29 Å². The summed E-state index contributed by atoms with van der Waals surface area (Å²) in [6, 6.07) is 7.59. The van der Waals surface area contributed by atoms with Gasteiger partial charge in [-0.3, -0.25) is 0 Å². The molecule has 6 nitrogen and oxygen atoms in total. The van der Waals surface area contributed by atoms with E-state index in [2.05, 4.69) is 9.97 Å². The standard InChI is InChI=1S/C17H20FN3O3S/c1-13-19-9-8-17(20-13)24-15-6-4-10-21(11-15)25(22,23)12-14-5-2-3-7-16(14)18/h2-3,5,7-9,15H,4,6,10-12H2,1H3. The van der Waals surface area contributed by atoms with Gasteiger partial charge in [0.05, 0.1) is 12.3 Å². The summed E-state index contributed by atoms with van der Waals surface area (Å²) < 4.78 is 46.2. The number of ether oxygens (including phenoxy) is 1. The quantitative estimate of drug-likeness (QED) is 0.813. The summed E-state index contributed by atoms with van der Waals surface area (Å²) in [7, 11) is -3.61. The van der Waals surface area contributed by atoms with Gasteiger partial charge in [0.2, 0.25) is 15.9 Å². The van der Waals surface area contributed by atoms with Crippen LogP contribution >= 0.6 is 0 Å². The van der Waals surface area contributed by atoms with Gasteiger partial charge in [0.25, 0.3) is 0 Å². The summed E-state index contributed by atoms with van der Waals surface area (Å²) in [5, 5.41) is 0. The molecular formula is C17H20FN3O3S. The van der Waals surface area contributed by atoms with Gasteiger partial charge in [-0.25, -0.2) is 17.8 Å². The summed E-state index contributed by atoms with van der Waals surface area (Å²) in [5.74, 6) is 0.175. The van der Waals surface area contributed by atoms with Crippen LogP contribution in [0.15, 0.2) is 36.5 Å². The van der Waals surface area contributed by atoms with Crippen molar-refractivity contribution in [2.75, 3.05) is 13.1 Å². The van der Waals surface area contributed by atoms with E-state index in [1.165, 1.54) is 16.4 Å². The van der Waals surface area contributed by atoms with E-state index in [0.29, 0.717) is 24.7 Å². The Morgan fingerprint density at radius 3 is 2.88 bits per heavy atom. The number of piperidine rings is 1. The normalized spacial score (nSPS) is 18.9. The van der Waals surface area contributed by atoms with Gasteiger partial charge in [0.15, 0.2) is 0 Å². The Morgan fingerprint density at radius 2 is 2.12 bits per heavy atom. The van der Waals surface area contributed by atoms with Crippen LogP contribution in [0.25, 0.3) is 0 Å². The van der Waals surface area contributed by atoms with Crippen molar-refractivity contribution in [1.29, 1.82) is 0 Å². The molecular weight excluding hydrogens is 345 g/mol. The molecule has 0 amide bonds. The Hall–Kier alpha value is -2.06. The van der Waals surface area contributed by atoms with Crippen LogP contribution in [0.2, 0.25) is 0 Å². The molecule has 2 aromatic rings. The second-order valence-electron chi connectivity index (χ2n) is 6.03. The van der Waals surface area contributed by atoms with E-state index in [9.17, 15) is 12.8 Å². The van der Waals surface area contributed by atoms with Crippen LogP contribution in [0.4, 0.5) is 4.39 Å². The van der Waals surface area contributed by atoms with E-state index in [4.69, 9.17) is 4.74 Å². The maximum Gasteiger partial charge on any atom is 0.218 e. The van der Waals surface area contributed by atoms with Crippen LogP contribution in [0.3, 0.4) is 0 Å². The molecule has 0 saturated carbocycles. The highest BCUT2D eigenvalue weighted by Crippen LogP contribution is 2.21. The maximum atomic E-state index is 13.8. The molecule has 1 aliphatic heterocycles. The molecule has 0 spiro atoms. The number of nitrogens with zero attached hydrogens (tertiary/aromatic N) is 3. The Bertz CT molecular complexity index is 845. The molecule has 2 heterocycles. The number of aromatic nitrogens is 2. The van der Waals surface area contributed by atoms with Gasteiger partial charge in [-0.05, 0) is 25.8 Å². The van der Waals surface area contributed by atoms with E-state index < -0.39 is 15.8 Å². The highest BCUT2D eigenvalue weighted by Gasteiger charge is 2.30. The fraction of sp³-hybridized carbons (Fsp3) is 0.412. The SMILES string of the molecule is Cc1nccc(OC2CCCN(S(=O)(=O)Cc3ccccc3F)C2)n1. The highest BCUT2D eigenvalue weighted by molar-refractivity contribution is 7.88. The minimum atomic E-state index is -3.61. The van der Waals surface area contributed by atoms with Crippen molar-refractivity contribution in [1.82, 2.24) is 14.3 Å². The van der Waals surface area contributed by atoms with Gasteiger partial charge in [-0.15, -0.1) is 0 Å². The Kier molecular flexibility index (Phi) is 5.29. The largest absolute Gasteiger partial charge is 0.473 e. The topological polar surface area (TPSA) is 72.4 Å². The van der Waals surface area contributed by atoms with Crippen LogP contribution in [0.1, 0.15) is 24.2 Å².